The molecule has 1 aromatic heterocycles. The predicted molar refractivity (Wildman–Crippen MR) is 62.8 cm³/mol. The van der Waals surface area contributed by atoms with Crippen LogP contribution in [0.5, 0.6) is 0 Å². The Morgan fingerprint density at radius 2 is 1.84 bits per heavy atom. The van der Waals surface area contributed by atoms with Crippen LogP contribution in [0.3, 0.4) is 0 Å². The number of halogens is 3. The number of nitrogens with one attached hydrogen (secondary N) is 1. The SMILES string of the molecule is Cc1cc(C(=O)Nc2ccccc2)c(C(F)(F)F)o1. The number of hydrogen-bond acceptors (Lipinski definition) is 2. The van der Waals surface area contributed by atoms with Crippen LogP contribution in [0.2, 0.25) is 0 Å². The number of para-hydroxylation sites is 1. The molecule has 19 heavy (non-hydrogen) atoms. The minimum absolute atomic E-state index is 0.0329. The topological polar surface area (TPSA) is 42.2 Å². The van der Waals surface area contributed by atoms with Crippen LogP contribution in [0.1, 0.15) is 21.9 Å². The minimum Gasteiger partial charge on any atom is -0.456 e. The number of alkyl halides is 3. The maximum absolute atomic E-state index is 12.7. The fraction of sp³-hybridized carbons (Fsp3) is 0.154. The first-order valence-corrected chi connectivity index (χ1v) is 5.42. The fourth-order valence-corrected chi connectivity index (χ4v) is 1.61. The van der Waals surface area contributed by atoms with Gasteiger partial charge >= 0.3 is 6.18 Å². The summed E-state index contributed by atoms with van der Waals surface area (Å²) in [4.78, 5) is 11.8. The van der Waals surface area contributed by atoms with E-state index in [0.29, 0.717) is 5.69 Å². The van der Waals surface area contributed by atoms with Crippen molar-refractivity contribution >= 4 is 11.6 Å². The Morgan fingerprint density at radius 3 is 2.42 bits per heavy atom. The van der Waals surface area contributed by atoms with Crippen molar-refractivity contribution in [1.82, 2.24) is 0 Å². The summed E-state index contributed by atoms with van der Waals surface area (Å²) >= 11 is 0. The van der Waals surface area contributed by atoms with E-state index < -0.39 is 23.4 Å². The standard InChI is InChI=1S/C13H10F3NO2/c1-8-7-10(11(19-8)13(14,15)16)12(18)17-9-5-3-2-4-6-9/h2-7H,1H3,(H,17,18). The lowest BCUT2D eigenvalue weighted by Crippen LogP contribution is -2.16. The van der Waals surface area contributed by atoms with Gasteiger partial charge in [0.1, 0.15) is 5.76 Å². The van der Waals surface area contributed by atoms with Gasteiger partial charge in [0, 0.05) is 5.69 Å². The van der Waals surface area contributed by atoms with Crippen molar-refractivity contribution in [2.45, 2.75) is 13.1 Å². The van der Waals surface area contributed by atoms with Crippen LogP contribution >= 0.6 is 0 Å². The Bertz CT molecular complexity index is 588. The van der Waals surface area contributed by atoms with Gasteiger partial charge in [0.2, 0.25) is 5.76 Å². The third-order valence-electron chi connectivity index (χ3n) is 2.39. The lowest BCUT2D eigenvalue weighted by atomic mass is 10.2. The van der Waals surface area contributed by atoms with Gasteiger partial charge in [0.15, 0.2) is 0 Å². The molecule has 1 N–H and O–H groups in total. The first-order valence-electron chi connectivity index (χ1n) is 5.42. The predicted octanol–water partition coefficient (Wildman–Crippen LogP) is 3.86. The Balaban J connectivity index is 2.30. The summed E-state index contributed by atoms with van der Waals surface area (Å²) in [6.45, 7) is 1.36. The number of carbonyl (C=O) groups is 1. The lowest BCUT2D eigenvalue weighted by Gasteiger charge is -2.07. The van der Waals surface area contributed by atoms with E-state index >= 15 is 0 Å². The third-order valence-corrected chi connectivity index (χ3v) is 2.39. The smallest absolute Gasteiger partial charge is 0.450 e. The summed E-state index contributed by atoms with van der Waals surface area (Å²) in [5, 5.41) is 2.39. The molecule has 0 saturated heterocycles. The lowest BCUT2D eigenvalue weighted by molar-refractivity contribution is -0.153. The molecule has 6 heteroatoms. The van der Waals surface area contributed by atoms with Gasteiger partial charge in [-0.3, -0.25) is 4.79 Å². The van der Waals surface area contributed by atoms with E-state index in [1.165, 1.54) is 6.92 Å². The number of rotatable bonds is 2. The van der Waals surface area contributed by atoms with Crippen LogP contribution in [0, 0.1) is 6.92 Å². The largest absolute Gasteiger partial charge is 0.456 e. The molecule has 1 aromatic carbocycles. The van der Waals surface area contributed by atoms with Crippen LogP contribution in [-0.4, -0.2) is 5.91 Å². The van der Waals surface area contributed by atoms with Gasteiger partial charge in [-0.1, -0.05) is 18.2 Å². The summed E-state index contributed by atoms with van der Waals surface area (Å²) in [6.07, 6.45) is -4.70. The molecule has 2 rings (SSSR count). The molecule has 1 heterocycles. The molecule has 3 nitrogen and oxygen atoms in total. The molecule has 0 bridgehead atoms. The highest BCUT2D eigenvalue weighted by Crippen LogP contribution is 2.34. The third kappa shape index (κ3) is 2.96. The summed E-state index contributed by atoms with van der Waals surface area (Å²) in [6, 6.07) is 9.30. The van der Waals surface area contributed by atoms with Crippen molar-refractivity contribution in [3.8, 4) is 0 Å². The van der Waals surface area contributed by atoms with Crippen LogP contribution in [0.4, 0.5) is 18.9 Å². The Morgan fingerprint density at radius 1 is 1.21 bits per heavy atom. The second kappa shape index (κ2) is 4.79. The molecule has 0 unspecified atom stereocenters. The van der Waals surface area contributed by atoms with Gasteiger partial charge in [-0.2, -0.15) is 13.2 Å². The van der Waals surface area contributed by atoms with E-state index in [1.54, 1.807) is 30.3 Å². The van der Waals surface area contributed by atoms with Gasteiger partial charge in [-0.05, 0) is 25.1 Å². The second-order valence-electron chi connectivity index (χ2n) is 3.92. The monoisotopic (exact) mass is 269 g/mol. The summed E-state index contributed by atoms with van der Waals surface area (Å²) < 4.78 is 42.6. The average molecular weight is 269 g/mol. The molecule has 1 amide bonds. The number of hydrogen-bond donors (Lipinski definition) is 1. The van der Waals surface area contributed by atoms with Crippen LogP contribution < -0.4 is 5.32 Å². The number of carbonyl (C=O) groups excluding carboxylic acids is 1. The van der Waals surface area contributed by atoms with Crippen LogP contribution in [0.15, 0.2) is 40.8 Å². The number of amides is 1. The van der Waals surface area contributed by atoms with Crippen molar-refractivity contribution in [1.29, 1.82) is 0 Å². The van der Waals surface area contributed by atoms with Crippen LogP contribution in [-0.2, 0) is 6.18 Å². The van der Waals surface area contributed by atoms with Crippen molar-refractivity contribution in [3.63, 3.8) is 0 Å². The highest BCUT2D eigenvalue weighted by atomic mass is 19.4. The fourth-order valence-electron chi connectivity index (χ4n) is 1.61. The molecule has 0 saturated carbocycles. The molecule has 0 radical (unpaired) electrons. The van der Waals surface area contributed by atoms with Crippen molar-refractivity contribution in [2.75, 3.05) is 5.32 Å². The molecule has 0 aliphatic carbocycles. The Labute approximate surface area is 107 Å². The number of furan rings is 1. The van der Waals surface area contributed by atoms with Gasteiger partial charge < -0.3 is 9.73 Å². The second-order valence-corrected chi connectivity index (χ2v) is 3.92. The number of aryl methyl sites for hydroxylation is 1. The molecule has 0 fully saturated rings. The molecular formula is C13H10F3NO2. The van der Waals surface area contributed by atoms with Gasteiger partial charge in [0.05, 0.1) is 5.56 Å². The van der Waals surface area contributed by atoms with E-state index in [2.05, 4.69) is 9.73 Å². The van der Waals surface area contributed by atoms with E-state index in [0.717, 1.165) is 6.07 Å². The first-order chi connectivity index (χ1) is 8.88. The van der Waals surface area contributed by atoms with Crippen molar-refractivity contribution in [3.05, 3.63) is 53.5 Å². The first kappa shape index (κ1) is 13.2. The normalized spacial score (nSPS) is 11.4. The maximum atomic E-state index is 12.7. The Hall–Kier alpha value is -2.24. The van der Waals surface area contributed by atoms with E-state index in [4.69, 9.17) is 0 Å². The molecule has 0 atom stereocenters. The quantitative estimate of drug-likeness (QED) is 0.899. The van der Waals surface area contributed by atoms with Gasteiger partial charge in [-0.15, -0.1) is 0 Å². The molecule has 0 spiro atoms. The Kier molecular flexibility index (Phi) is 3.33. The zero-order chi connectivity index (χ0) is 14.0. The molecule has 0 aliphatic rings. The van der Waals surface area contributed by atoms with Crippen molar-refractivity contribution in [2.24, 2.45) is 0 Å². The molecular weight excluding hydrogens is 259 g/mol. The summed E-state index contributed by atoms with van der Waals surface area (Å²) in [7, 11) is 0. The van der Waals surface area contributed by atoms with E-state index in [-0.39, 0.29) is 5.76 Å². The minimum atomic E-state index is -4.70. The van der Waals surface area contributed by atoms with Gasteiger partial charge in [0.25, 0.3) is 5.91 Å². The van der Waals surface area contributed by atoms with Gasteiger partial charge in [-0.25, -0.2) is 0 Å². The highest BCUT2D eigenvalue weighted by molar-refractivity contribution is 6.05. The zero-order valence-electron chi connectivity index (χ0n) is 9.91. The zero-order valence-corrected chi connectivity index (χ0v) is 9.91. The molecule has 100 valence electrons. The van der Waals surface area contributed by atoms with E-state index in [1.807, 2.05) is 0 Å². The number of anilines is 1. The highest BCUT2D eigenvalue weighted by Gasteiger charge is 2.40. The summed E-state index contributed by atoms with van der Waals surface area (Å²) in [5.41, 5.74) is -0.103. The molecule has 0 aliphatic heterocycles. The van der Waals surface area contributed by atoms with Crippen LogP contribution in [0.25, 0.3) is 0 Å². The van der Waals surface area contributed by atoms with Crippen molar-refractivity contribution < 1.29 is 22.4 Å². The average Bonchev–Trinajstić information content (AvgIpc) is 2.72. The summed E-state index contributed by atoms with van der Waals surface area (Å²) in [5.74, 6) is -2.10. The van der Waals surface area contributed by atoms with E-state index in [9.17, 15) is 18.0 Å². The maximum Gasteiger partial charge on any atom is 0.450 e. The number of benzene rings is 1. The molecule has 2 aromatic rings.